The van der Waals surface area contributed by atoms with Gasteiger partial charge in [0.05, 0.1) is 24.1 Å². The van der Waals surface area contributed by atoms with Crippen molar-refractivity contribution in [1.29, 1.82) is 0 Å². The van der Waals surface area contributed by atoms with Crippen LogP contribution in [0.3, 0.4) is 0 Å². The second kappa shape index (κ2) is 6.75. The number of ether oxygens (including phenoxy) is 1. The summed E-state index contributed by atoms with van der Waals surface area (Å²) in [5.74, 6) is 0. The summed E-state index contributed by atoms with van der Waals surface area (Å²) in [6.07, 6.45) is 1.06. The van der Waals surface area contributed by atoms with Crippen molar-refractivity contribution >= 4 is 9.84 Å². The first-order valence-electron chi connectivity index (χ1n) is 7.14. The van der Waals surface area contributed by atoms with E-state index < -0.39 is 21.2 Å². The summed E-state index contributed by atoms with van der Waals surface area (Å²) < 4.78 is 29.8. The molecule has 3 unspecified atom stereocenters. The Morgan fingerprint density at radius 3 is 1.75 bits per heavy atom. The Hall–Kier alpha value is -0.130. The van der Waals surface area contributed by atoms with Crippen LogP contribution in [-0.2, 0) is 14.6 Å². The summed E-state index contributed by atoms with van der Waals surface area (Å²) >= 11 is 0. The summed E-state index contributed by atoms with van der Waals surface area (Å²) in [6, 6.07) is 0. The molecule has 0 fully saturated rings. The van der Waals surface area contributed by atoms with Crippen molar-refractivity contribution in [2.75, 3.05) is 12.9 Å². The van der Waals surface area contributed by atoms with Crippen molar-refractivity contribution in [1.82, 2.24) is 0 Å². The van der Waals surface area contributed by atoms with Crippen LogP contribution in [0.25, 0.3) is 0 Å². The van der Waals surface area contributed by atoms with E-state index in [2.05, 4.69) is 20.8 Å². The third-order valence-electron chi connectivity index (χ3n) is 3.78. The molecule has 0 amide bonds. The van der Waals surface area contributed by atoms with Crippen LogP contribution in [0.5, 0.6) is 0 Å². The van der Waals surface area contributed by atoms with Crippen LogP contribution in [0, 0.1) is 10.8 Å². The SMILES string of the molecule is CC(OC(CO)CC(C(C)(C)C)S(C)(=O)=O)C(C)(C)C. The Morgan fingerprint density at radius 1 is 1.05 bits per heavy atom. The number of sulfone groups is 1. The molecule has 4 nitrogen and oxygen atoms in total. The highest BCUT2D eigenvalue weighted by atomic mass is 32.2. The van der Waals surface area contributed by atoms with E-state index in [1.165, 1.54) is 6.26 Å². The molecule has 0 aliphatic rings. The van der Waals surface area contributed by atoms with Gasteiger partial charge in [0.1, 0.15) is 0 Å². The van der Waals surface area contributed by atoms with Gasteiger partial charge in [-0.3, -0.25) is 0 Å². The fourth-order valence-electron chi connectivity index (χ4n) is 2.08. The van der Waals surface area contributed by atoms with E-state index in [0.29, 0.717) is 6.42 Å². The lowest BCUT2D eigenvalue weighted by atomic mass is 9.87. The van der Waals surface area contributed by atoms with Crippen molar-refractivity contribution < 1.29 is 18.3 Å². The van der Waals surface area contributed by atoms with Gasteiger partial charge in [0.15, 0.2) is 9.84 Å². The fourth-order valence-corrected chi connectivity index (χ4v) is 3.92. The van der Waals surface area contributed by atoms with Crippen LogP contribution >= 0.6 is 0 Å². The number of hydrogen-bond acceptors (Lipinski definition) is 4. The van der Waals surface area contributed by atoms with Crippen molar-refractivity contribution in [3.8, 4) is 0 Å². The first-order chi connectivity index (χ1) is 8.69. The van der Waals surface area contributed by atoms with Gasteiger partial charge < -0.3 is 9.84 Å². The van der Waals surface area contributed by atoms with Crippen LogP contribution in [0.2, 0.25) is 0 Å². The molecule has 0 aliphatic heterocycles. The van der Waals surface area contributed by atoms with Gasteiger partial charge >= 0.3 is 0 Å². The standard InChI is InChI=1S/C15H32O4S/c1-11(14(2,3)4)19-12(10-16)9-13(15(5,6)7)20(8,17)18/h11-13,16H,9-10H2,1-8H3. The monoisotopic (exact) mass is 308 g/mol. The van der Waals surface area contributed by atoms with Crippen LogP contribution in [-0.4, -0.2) is 43.8 Å². The van der Waals surface area contributed by atoms with E-state index in [0.717, 1.165) is 0 Å². The first-order valence-corrected chi connectivity index (χ1v) is 9.10. The van der Waals surface area contributed by atoms with Crippen LogP contribution in [0.4, 0.5) is 0 Å². The summed E-state index contributed by atoms with van der Waals surface area (Å²) in [7, 11) is -3.19. The largest absolute Gasteiger partial charge is 0.394 e. The second-order valence-electron chi connectivity index (χ2n) is 7.87. The summed E-state index contributed by atoms with van der Waals surface area (Å²) in [5, 5.41) is 8.97. The first kappa shape index (κ1) is 19.9. The topological polar surface area (TPSA) is 63.6 Å². The zero-order valence-electron chi connectivity index (χ0n) is 14.2. The van der Waals surface area contributed by atoms with E-state index >= 15 is 0 Å². The molecule has 122 valence electrons. The van der Waals surface area contributed by atoms with Crippen LogP contribution in [0.1, 0.15) is 54.9 Å². The Balaban J connectivity index is 5.02. The molecule has 1 N–H and O–H groups in total. The average Bonchev–Trinajstić information content (AvgIpc) is 2.18. The van der Waals surface area contributed by atoms with Gasteiger partial charge in [-0.25, -0.2) is 8.42 Å². The molecule has 0 saturated carbocycles. The van der Waals surface area contributed by atoms with E-state index in [-0.39, 0.29) is 23.5 Å². The Bertz CT molecular complexity index is 387. The lowest BCUT2D eigenvalue weighted by molar-refractivity contribution is -0.0797. The minimum Gasteiger partial charge on any atom is -0.394 e. The maximum Gasteiger partial charge on any atom is 0.150 e. The molecule has 0 saturated heterocycles. The molecule has 0 radical (unpaired) electrons. The van der Waals surface area contributed by atoms with E-state index in [1.807, 2.05) is 27.7 Å². The van der Waals surface area contributed by atoms with Gasteiger partial charge in [0.2, 0.25) is 0 Å². The van der Waals surface area contributed by atoms with E-state index in [4.69, 9.17) is 4.74 Å². The molecular formula is C15H32O4S. The minimum absolute atomic E-state index is 0.0459. The Labute approximate surface area is 124 Å². The molecule has 0 aromatic rings. The van der Waals surface area contributed by atoms with Crippen molar-refractivity contribution in [3.05, 3.63) is 0 Å². The lowest BCUT2D eigenvalue weighted by Crippen LogP contribution is -2.41. The summed E-state index contributed by atoms with van der Waals surface area (Å²) in [4.78, 5) is 0. The summed E-state index contributed by atoms with van der Waals surface area (Å²) in [6.45, 7) is 13.7. The molecule has 0 rings (SSSR count). The quantitative estimate of drug-likeness (QED) is 0.819. The molecule has 5 heteroatoms. The average molecular weight is 308 g/mol. The van der Waals surface area contributed by atoms with E-state index in [1.54, 1.807) is 0 Å². The molecule has 3 atom stereocenters. The van der Waals surface area contributed by atoms with Gasteiger partial charge in [-0.05, 0) is 24.2 Å². The summed E-state index contributed by atoms with van der Waals surface area (Å²) in [5.41, 5.74) is -0.426. The third-order valence-corrected chi connectivity index (χ3v) is 5.71. The number of hydrogen-bond donors (Lipinski definition) is 1. The second-order valence-corrected chi connectivity index (χ2v) is 10.1. The van der Waals surface area contributed by atoms with Gasteiger partial charge in [-0.15, -0.1) is 0 Å². The normalized spacial score (nSPS) is 18.6. The maximum absolute atomic E-state index is 12.0. The highest BCUT2D eigenvalue weighted by Crippen LogP contribution is 2.31. The van der Waals surface area contributed by atoms with E-state index in [9.17, 15) is 13.5 Å². The maximum atomic E-state index is 12.0. The predicted molar refractivity (Wildman–Crippen MR) is 83.6 cm³/mol. The van der Waals surface area contributed by atoms with Crippen molar-refractivity contribution in [3.63, 3.8) is 0 Å². The minimum atomic E-state index is -3.19. The molecule has 0 spiro atoms. The zero-order valence-corrected chi connectivity index (χ0v) is 15.0. The number of rotatable bonds is 6. The highest BCUT2D eigenvalue weighted by Gasteiger charge is 2.36. The predicted octanol–water partition coefficient (Wildman–Crippen LogP) is 2.65. The highest BCUT2D eigenvalue weighted by molar-refractivity contribution is 7.91. The molecule has 20 heavy (non-hydrogen) atoms. The molecule has 0 aromatic carbocycles. The van der Waals surface area contributed by atoms with Crippen molar-refractivity contribution in [2.45, 2.75) is 72.3 Å². The van der Waals surface area contributed by atoms with Crippen molar-refractivity contribution in [2.24, 2.45) is 10.8 Å². The third kappa shape index (κ3) is 6.55. The van der Waals surface area contributed by atoms with Gasteiger partial charge in [0, 0.05) is 6.26 Å². The molecule has 0 heterocycles. The molecule has 0 aromatic heterocycles. The number of aliphatic hydroxyl groups is 1. The molecule has 0 bridgehead atoms. The van der Waals surface area contributed by atoms with Gasteiger partial charge in [-0.2, -0.15) is 0 Å². The Morgan fingerprint density at radius 2 is 1.50 bits per heavy atom. The van der Waals surface area contributed by atoms with Gasteiger partial charge in [-0.1, -0.05) is 41.5 Å². The van der Waals surface area contributed by atoms with Gasteiger partial charge in [0.25, 0.3) is 0 Å². The molecule has 0 aliphatic carbocycles. The van der Waals surface area contributed by atoms with Crippen LogP contribution < -0.4 is 0 Å². The molecular weight excluding hydrogens is 276 g/mol. The fraction of sp³-hybridized carbons (Fsp3) is 1.00. The Kier molecular flexibility index (Phi) is 6.71. The zero-order chi connectivity index (χ0) is 16.4. The van der Waals surface area contributed by atoms with Crippen LogP contribution in [0.15, 0.2) is 0 Å². The number of aliphatic hydroxyl groups excluding tert-OH is 1. The lowest BCUT2D eigenvalue weighted by Gasteiger charge is -2.35. The smallest absolute Gasteiger partial charge is 0.150 e.